The fourth-order valence-electron chi connectivity index (χ4n) is 3.68. The van der Waals surface area contributed by atoms with Crippen molar-refractivity contribution in [2.45, 2.75) is 39.7 Å². The maximum Gasteiger partial charge on any atom is 0.204 e. The molecule has 1 aromatic heterocycles. The van der Waals surface area contributed by atoms with Crippen LogP contribution in [0.5, 0.6) is 23.0 Å². The first kappa shape index (κ1) is 20.6. The van der Waals surface area contributed by atoms with Crippen LogP contribution in [0.25, 0.3) is 28.2 Å². The van der Waals surface area contributed by atoms with Crippen LogP contribution in [0.15, 0.2) is 51.4 Å². The Morgan fingerprint density at radius 1 is 1.10 bits per heavy atom. The van der Waals surface area contributed by atoms with Gasteiger partial charge >= 0.3 is 0 Å². The molecule has 1 aliphatic heterocycles. The van der Waals surface area contributed by atoms with Crippen molar-refractivity contribution in [3.63, 3.8) is 0 Å². The van der Waals surface area contributed by atoms with Crippen LogP contribution in [0.4, 0.5) is 0 Å². The molecule has 0 bridgehead atoms. The van der Waals surface area contributed by atoms with E-state index in [1.807, 2.05) is 39.8 Å². The molecule has 4 rings (SSSR count). The van der Waals surface area contributed by atoms with Crippen molar-refractivity contribution in [3.05, 3.63) is 63.5 Å². The Kier molecular flexibility index (Phi) is 4.81. The quantitative estimate of drug-likeness (QED) is 0.499. The summed E-state index contributed by atoms with van der Waals surface area (Å²) < 4.78 is 11.6. The molecule has 0 saturated heterocycles. The number of ether oxygens (including phenoxy) is 1. The van der Waals surface area contributed by atoms with Gasteiger partial charge in [-0.1, -0.05) is 11.6 Å². The zero-order chi connectivity index (χ0) is 22.5. The highest BCUT2D eigenvalue weighted by Crippen LogP contribution is 2.42. The van der Waals surface area contributed by atoms with Crippen LogP contribution in [0.1, 0.15) is 38.8 Å². The molecule has 3 N–H and O–H groups in total. The SMILES string of the molecule is CC(C)=CCc1c(O)cc(O)c2c(=O)c(-c3ccc4c(c3O)C=CC(C)(C)O4)coc12. The van der Waals surface area contributed by atoms with E-state index in [2.05, 4.69) is 0 Å². The Balaban J connectivity index is 1.92. The summed E-state index contributed by atoms with van der Waals surface area (Å²) in [6, 6.07) is 4.42. The molecule has 3 aromatic rings. The predicted octanol–water partition coefficient (Wildman–Crippen LogP) is 5.27. The van der Waals surface area contributed by atoms with E-state index >= 15 is 0 Å². The zero-order valence-electron chi connectivity index (χ0n) is 17.8. The van der Waals surface area contributed by atoms with Gasteiger partial charge in [0.05, 0.1) is 11.1 Å². The average Bonchev–Trinajstić information content (AvgIpc) is 2.67. The van der Waals surface area contributed by atoms with Crippen molar-refractivity contribution in [1.82, 2.24) is 0 Å². The van der Waals surface area contributed by atoms with Gasteiger partial charge in [0, 0.05) is 17.2 Å². The van der Waals surface area contributed by atoms with Gasteiger partial charge in [0.2, 0.25) is 5.43 Å². The molecule has 0 spiro atoms. The Morgan fingerprint density at radius 2 is 1.84 bits per heavy atom. The standard InChI is InChI=1S/C25H24O6/c1-13(2)5-6-15-18(26)11-19(27)21-23(29)17(12-30-24(15)21)14-7-8-20-16(22(14)28)9-10-25(3,4)31-20/h5,7-12,26-28H,6H2,1-4H3. The van der Waals surface area contributed by atoms with Crippen molar-refractivity contribution in [2.24, 2.45) is 0 Å². The Labute approximate surface area is 179 Å². The third-order valence-electron chi connectivity index (χ3n) is 5.31. The second kappa shape index (κ2) is 7.23. The lowest BCUT2D eigenvalue weighted by Crippen LogP contribution is -2.27. The van der Waals surface area contributed by atoms with Crippen LogP contribution >= 0.6 is 0 Å². The van der Waals surface area contributed by atoms with Crippen LogP contribution < -0.4 is 10.2 Å². The molecule has 0 fully saturated rings. The van der Waals surface area contributed by atoms with Gasteiger partial charge in [-0.15, -0.1) is 0 Å². The van der Waals surface area contributed by atoms with Gasteiger partial charge < -0.3 is 24.5 Å². The smallest absolute Gasteiger partial charge is 0.204 e. The molecule has 160 valence electrons. The lowest BCUT2D eigenvalue weighted by Gasteiger charge is -2.28. The fraction of sp³-hybridized carbons (Fsp3) is 0.240. The molecule has 6 nitrogen and oxygen atoms in total. The third kappa shape index (κ3) is 3.54. The second-order valence-corrected chi connectivity index (χ2v) is 8.47. The van der Waals surface area contributed by atoms with E-state index in [0.29, 0.717) is 23.3 Å². The van der Waals surface area contributed by atoms with Crippen molar-refractivity contribution in [2.75, 3.05) is 0 Å². The zero-order valence-corrected chi connectivity index (χ0v) is 17.8. The van der Waals surface area contributed by atoms with E-state index < -0.39 is 11.0 Å². The van der Waals surface area contributed by atoms with Gasteiger partial charge in [0.25, 0.3) is 0 Å². The van der Waals surface area contributed by atoms with Crippen molar-refractivity contribution < 1.29 is 24.5 Å². The number of phenolic OH excluding ortho intramolecular Hbond substituents is 3. The van der Waals surface area contributed by atoms with Gasteiger partial charge in [-0.3, -0.25) is 4.79 Å². The highest BCUT2D eigenvalue weighted by Gasteiger charge is 2.26. The first-order valence-corrected chi connectivity index (χ1v) is 9.96. The largest absolute Gasteiger partial charge is 0.507 e. The minimum Gasteiger partial charge on any atom is -0.507 e. The Morgan fingerprint density at radius 3 is 2.55 bits per heavy atom. The van der Waals surface area contributed by atoms with Crippen LogP contribution in [0.2, 0.25) is 0 Å². The van der Waals surface area contributed by atoms with Gasteiger partial charge in [-0.05, 0) is 58.4 Å². The third-order valence-corrected chi connectivity index (χ3v) is 5.31. The summed E-state index contributed by atoms with van der Waals surface area (Å²) in [6.45, 7) is 7.65. The normalized spacial score (nSPS) is 14.2. The minimum absolute atomic E-state index is 0.0440. The minimum atomic E-state index is -0.506. The Hall–Kier alpha value is -3.67. The molecule has 1 aliphatic rings. The number of benzene rings is 2. The van der Waals surface area contributed by atoms with Crippen LogP contribution in [-0.2, 0) is 6.42 Å². The van der Waals surface area contributed by atoms with Gasteiger partial charge in [-0.25, -0.2) is 0 Å². The van der Waals surface area contributed by atoms with Gasteiger partial charge in [0.1, 0.15) is 45.8 Å². The fourth-order valence-corrected chi connectivity index (χ4v) is 3.68. The Bertz CT molecular complexity index is 1320. The van der Waals surface area contributed by atoms with Crippen molar-refractivity contribution >= 4 is 17.0 Å². The highest BCUT2D eigenvalue weighted by molar-refractivity contribution is 5.92. The summed E-state index contributed by atoms with van der Waals surface area (Å²) in [5.74, 6) is -0.138. The summed E-state index contributed by atoms with van der Waals surface area (Å²) >= 11 is 0. The van der Waals surface area contributed by atoms with Crippen molar-refractivity contribution in [1.29, 1.82) is 0 Å². The molecule has 6 heteroatoms. The summed E-state index contributed by atoms with van der Waals surface area (Å²) in [4.78, 5) is 13.3. The van der Waals surface area contributed by atoms with E-state index in [0.717, 1.165) is 11.6 Å². The van der Waals surface area contributed by atoms with E-state index in [4.69, 9.17) is 9.15 Å². The molecule has 2 heterocycles. The lowest BCUT2D eigenvalue weighted by molar-refractivity contribution is 0.158. The van der Waals surface area contributed by atoms with E-state index in [1.165, 1.54) is 6.26 Å². The van der Waals surface area contributed by atoms with Gasteiger partial charge in [-0.2, -0.15) is 0 Å². The molecule has 0 atom stereocenters. The van der Waals surface area contributed by atoms with E-state index in [9.17, 15) is 20.1 Å². The van der Waals surface area contributed by atoms with Crippen molar-refractivity contribution in [3.8, 4) is 34.1 Å². The maximum absolute atomic E-state index is 13.3. The second-order valence-electron chi connectivity index (χ2n) is 8.47. The molecule has 0 unspecified atom stereocenters. The summed E-state index contributed by atoms with van der Waals surface area (Å²) in [6.07, 6.45) is 7.06. The van der Waals surface area contributed by atoms with Crippen LogP contribution in [0, 0.1) is 0 Å². The first-order valence-electron chi connectivity index (χ1n) is 9.96. The molecule has 0 saturated carbocycles. The molecule has 31 heavy (non-hydrogen) atoms. The first-order chi connectivity index (χ1) is 14.6. The maximum atomic E-state index is 13.3. The molecular formula is C25H24O6. The average molecular weight is 420 g/mol. The number of allylic oxidation sites excluding steroid dienone is 2. The number of hydrogen-bond donors (Lipinski definition) is 3. The number of hydrogen-bond acceptors (Lipinski definition) is 6. The molecule has 0 amide bonds. The summed E-state index contributed by atoms with van der Waals surface area (Å²) in [5, 5.41) is 31.5. The van der Waals surface area contributed by atoms with Crippen LogP contribution in [0.3, 0.4) is 0 Å². The summed E-state index contributed by atoms with van der Waals surface area (Å²) in [5.41, 5.74) is 1.39. The van der Waals surface area contributed by atoms with E-state index in [-0.39, 0.29) is 39.3 Å². The lowest BCUT2D eigenvalue weighted by atomic mass is 9.96. The molecule has 0 radical (unpaired) electrons. The topological polar surface area (TPSA) is 100 Å². The number of rotatable bonds is 3. The molecule has 0 aliphatic carbocycles. The number of phenols is 3. The van der Waals surface area contributed by atoms with Gasteiger partial charge in [0.15, 0.2) is 0 Å². The van der Waals surface area contributed by atoms with Crippen LogP contribution in [-0.4, -0.2) is 20.9 Å². The monoisotopic (exact) mass is 420 g/mol. The molecule has 2 aromatic carbocycles. The number of fused-ring (bicyclic) bond motifs is 2. The predicted molar refractivity (Wildman–Crippen MR) is 120 cm³/mol. The molecular weight excluding hydrogens is 396 g/mol. The van der Waals surface area contributed by atoms with E-state index in [1.54, 1.807) is 18.2 Å². The highest BCUT2D eigenvalue weighted by atomic mass is 16.5. The summed E-state index contributed by atoms with van der Waals surface area (Å²) in [7, 11) is 0. The number of aromatic hydroxyl groups is 3.